The number of nitro groups is 1. The van der Waals surface area contributed by atoms with Crippen LogP contribution in [0.1, 0.15) is 19.8 Å². The third-order valence-electron chi connectivity index (χ3n) is 4.11. The normalized spacial score (nSPS) is 16.9. The number of unbranched alkanes of at least 4 members (excludes halogenated alkanes) is 1. The molecule has 2 rings (SSSR count). The Morgan fingerprint density at radius 2 is 1.92 bits per heavy atom. The highest BCUT2D eigenvalue weighted by Crippen LogP contribution is 2.29. The molecule has 0 spiro atoms. The molecule has 1 aliphatic heterocycles. The summed E-state index contributed by atoms with van der Waals surface area (Å²) in [6.45, 7) is 4.73. The Bertz CT molecular complexity index is 685. The molecule has 134 valence electrons. The SMILES string of the molecule is CCCCNc1ccc(S(=O)(=O)N2CCN(C)CC2)cc1[N+](=O)[O-]. The molecule has 1 aromatic carbocycles. The predicted octanol–water partition coefficient (Wildman–Crippen LogP) is 1.74. The Kier molecular flexibility index (Phi) is 6.14. The molecule has 1 aliphatic rings. The highest BCUT2D eigenvalue weighted by Gasteiger charge is 2.29. The smallest absolute Gasteiger partial charge is 0.293 e. The lowest BCUT2D eigenvalue weighted by molar-refractivity contribution is -0.384. The number of likely N-dealkylation sites (N-methyl/N-ethyl adjacent to an activating group) is 1. The second-order valence-corrected chi connectivity index (χ2v) is 7.86. The Labute approximate surface area is 142 Å². The average molecular weight is 356 g/mol. The first kappa shape index (κ1) is 18.6. The first-order valence-electron chi connectivity index (χ1n) is 8.07. The topological polar surface area (TPSA) is 95.8 Å². The fourth-order valence-electron chi connectivity index (χ4n) is 2.55. The van der Waals surface area contributed by atoms with Gasteiger partial charge in [0.15, 0.2) is 0 Å². The standard InChI is InChI=1S/C15H24N4O4S/c1-3-4-7-16-14-6-5-13(12-15(14)19(20)21)24(22,23)18-10-8-17(2)9-11-18/h5-6,12,16H,3-4,7-11H2,1-2H3. The summed E-state index contributed by atoms with van der Waals surface area (Å²) in [5, 5.41) is 14.3. The molecule has 1 saturated heterocycles. The average Bonchev–Trinajstić information content (AvgIpc) is 2.55. The minimum absolute atomic E-state index is 0.0280. The van der Waals surface area contributed by atoms with Crippen LogP contribution in [0.25, 0.3) is 0 Å². The van der Waals surface area contributed by atoms with E-state index in [1.165, 1.54) is 16.4 Å². The maximum absolute atomic E-state index is 12.7. The Hall–Kier alpha value is -1.71. The largest absolute Gasteiger partial charge is 0.379 e. The third-order valence-corrected chi connectivity index (χ3v) is 6.01. The van der Waals surface area contributed by atoms with Crippen LogP contribution in [0.5, 0.6) is 0 Å². The third kappa shape index (κ3) is 4.22. The monoisotopic (exact) mass is 356 g/mol. The van der Waals surface area contributed by atoms with Crippen LogP contribution in [0.2, 0.25) is 0 Å². The number of rotatable bonds is 7. The molecule has 0 unspecified atom stereocenters. The fraction of sp³-hybridized carbons (Fsp3) is 0.600. The van der Waals surface area contributed by atoms with E-state index in [2.05, 4.69) is 10.2 Å². The van der Waals surface area contributed by atoms with Crippen molar-refractivity contribution in [2.24, 2.45) is 0 Å². The van der Waals surface area contributed by atoms with Gasteiger partial charge in [0, 0.05) is 38.8 Å². The van der Waals surface area contributed by atoms with Gasteiger partial charge in [-0.2, -0.15) is 4.31 Å². The molecule has 1 fully saturated rings. The number of nitrogens with zero attached hydrogens (tertiary/aromatic N) is 3. The molecule has 0 aliphatic carbocycles. The highest BCUT2D eigenvalue weighted by atomic mass is 32.2. The van der Waals surface area contributed by atoms with Crippen molar-refractivity contribution in [1.82, 2.24) is 9.21 Å². The van der Waals surface area contributed by atoms with E-state index in [0.29, 0.717) is 38.4 Å². The van der Waals surface area contributed by atoms with Crippen molar-refractivity contribution in [3.8, 4) is 0 Å². The van der Waals surface area contributed by atoms with Gasteiger partial charge in [-0.3, -0.25) is 10.1 Å². The number of sulfonamides is 1. The lowest BCUT2D eigenvalue weighted by Gasteiger charge is -2.31. The van der Waals surface area contributed by atoms with E-state index in [4.69, 9.17) is 0 Å². The number of piperazine rings is 1. The van der Waals surface area contributed by atoms with E-state index in [9.17, 15) is 18.5 Å². The molecule has 9 heteroatoms. The zero-order valence-electron chi connectivity index (χ0n) is 14.1. The summed E-state index contributed by atoms with van der Waals surface area (Å²) >= 11 is 0. The second-order valence-electron chi connectivity index (χ2n) is 5.92. The van der Waals surface area contributed by atoms with Crippen LogP contribution < -0.4 is 5.32 Å². The zero-order chi connectivity index (χ0) is 17.7. The van der Waals surface area contributed by atoms with Gasteiger partial charge < -0.3 is 10.2 Å². The van der Waals surface area contributed by atoms with Crippen LogP contribution in [-0.4, -0.2) is 62.3 Å². The summed E-state index contributed by atoms with van der Waals surface area (Å²) in [6.07, 6.45) is 1.86. The van der Waals surface area contributed by atoms with Crippen molar-refractivity contribution in [3.63, 3.8) is 0 Å². The molecule has 1 N–H and O–H groups in total. The predicted molar refractivity (Wildman–Crippen MR) is 92.7 cm³/mol. The van der Waals surface area contributed by atoms with Crippen molar-refractivity contribution in [2.45, 2.75) is 24.7 Å². The van der Waals surface area contributed by atoms with E-state index < -0.39 is 14.9 Å². The zero-order valence-corrected chi connectivity index (χ0v) is 14.9. The molecule has 0 bridgehead atoms. The first-order chi connectivity index (χ1) is 11.4. The summed E-state index contributed by atoms with van der Waals surface area (Å²) in [5.41, 5.74) is 0.145. The number of anilines is 1. The van der Waals surface area contributed by atoms with Gasteiger partial charge in [-0.05, 0) is 25.6 Å². The molecule has 0 saturated carbocycles. The van der Waals surface area contributed by atoms with Crippen LogP contribution in [-0.2, 0) is 10.0 Å². The fourth-order valence-corrected chi connectivity index (χ4v) is 3.99. The van der Waals surface area contributed by atoms with E-state index >= 15 is 0 Å². The molecule has 0 atom stereocenters. The maximum atomic E-state index is 12.7. The van der Waals surface area contributed by atoms with E-state index in [0.717, 1.165) is 18.9 Å². The van der Waals surface area contributed by atoms with Gasteiger partial charge in [0.25, 0.3) is 5.69 Å². The van der Waals surface area contributed by atoms with Gasteiger partial charge in [0.1, 0.15) is 5.69 Å². The summed E-state index contributed by atoms with van der Waals surface area (Å²) in [7, 11) is -1.77. The maximum Gasteiger partial charge on any atom is 0.293 e. The second kappa shape index (κ2) is 7.91. The molecular formula is C15H24N4O4S. The van der Waals surface area contributed by atoms with Gasteiger partial charge in [-0.25, -0.2) is 8.42 Å². The van der Waals surface area contributed by atoms with Crippen molar-refractivity contribution >= 4 is 21.4 Å². The van der Waals surface area contributed by atoms with Crippen LogP contribution in [0.4, 0.5) is 11.4 Å². The van der Waals surface area contributed by atoms with E-state index in [-0.39, 0.29) is 10.6 Å². The number of hydrogen-bond acceptors (Lipinski definition) is 6. The molecular weight excluding hydrogens is 332 g/mol. The van der Waals surface area contributed by atoms with Gasteiger partial charge >= 0.3 is 0 Å². The number of hydrogen-bond donors (Lipinski definition) is 1. The molecule has 1 aromatic rings. The number of nitrogens with one attached hydrogen (secondary N) is 1. The van der Waals surface area contributed by atoms with E-state index in [1.54, 1.807) is 0 Å². The van der Waals surface area contributed by atoms with Gasteiger partial charge in [0.2, 0.25) is 10.0 Å². The Balaban J connectivity index is 2.26. The minimum Gasteiger partial charge on any atom is -0.379 e. The lowest BCUT2D eigenvalue weighted by atomic mass is 10.2. The van der Waals surface area contributed by atoms with Gasteiger partial charge in [-0.15, -0.1) is 0 Å². The van der Waals surface area contributed by atoms with Crippen molar-refractivity contribution in [2.75, 3.05) is 45.1 Å². The van der Waals surface area contributed by atoms with Crippen molar-refractivity contribution in [1.29, 1.82) is 0 Å². The van der Waals surface area contributed by atoms with Crippen LogP contribution in [0.15, 0.2) is 23.1 Å². The minimum atomic E-state index is -3.71. The Morgan fingerprint density at radius 1 is 1.25 bits per heavy atom. The van der Waals surface area contributed by atoms with Gasteiger partial charge in [0.05, 0.1) is 9.82 Å². The van der Waals surface area contributed by atoms with Crippen molar-refractivity contribution in [3.05, 3.63) is 28.3 Å². The molecule has 0 radical (unpaired) electrons. The molecule has 8 nitrogen and oxygen atoms in total. The molecule has 1 heterocycles. The summed E-state index contributed by atoms with van der Waals surface area (Å²) in [4.78, 5) is 12.8. The quantitative estimate of drug-likeness (QED) is 0.454. The molecule has 0 aromatic heterocycles. The van der Waals surface area contributed by atoms with Crippen LogP contribution >= 0.6 is 0 Å². The van der Waals surface area contributed by atoms with Crippen LogP contribution in [0, 0.1) is 10.1 Å². The molecule has 24 heavy (non-hydrogen) atoms. The number of nitro benzene ring substituents is 1. The summed E-state index contributed by atoms with van der Waals surface area (Å²) < 4.78 is 26.8. The Morgan fingerprint density at radius 3 is 2.50 bits per heavy atom. The summed E-state index contributed by atoms with van der Waals surface area (Å²) in [5.74, 6) is 0. The highest BCUT2D eigenvalue weighted by molar-refractivity contribution is 7.89. The lowest BCUT2D eigenvalue weighted by Crippen LogP contribution is -2.47. The summed E-state index contributed by atoms with van der Waals surface area (Å²) in [6, 6.07) is 4.08. The van der Waals surface area contributed by atoms with E-state index in [1.807, 2.05) is 14.0 Å². The van der Waals surface area contributed by atoms with Crippen LogP contribution in [0.3, 0.4) is 0 Å². The van der Waals surface area contributed by atoms with Crippen molar-refractivity contribution < 1.29 is 13.3 Å². The van der Waals surface area contributed by atoms with Gasteiger partial charge in [-0.1, -0.05) is 13.3 Å². The first-order valence-corrected chi connectivity index (χ1v) is 9.51. The number of benzene rings is 1. The molecule has 0 amide bonds.